The van der Waals surface area contributed by atoms with Crippen LogP contribution in [0, 0.1) is 23.7 Å². The van der Waals surface area contributed by atoms with E-state index < -0.39 is 0 Å². The average molecular weight is 446 g/mol. The second kappa shape index (κ2) is 10.3. The molecule has 1 aliphatic rings. The molecule has 1 heterocycles. The van der Waals surface area contributed by atoms with Crippen LogP contribution < -0.4 is 5.32 Å². The molecule has 33 heavy (non-hydrogen) atoms. The molecule has 0 bridgehead atoms. The maximum absolute atomic E-state index is 11.8. The molecule has 0 amide bonds. The van der Waals surface area contributed by atoms with Gasteiger partial charge in [-0.3, -0.25) is 0 Å². The maximum Gasteiger partial charge on any atom is 0.337 e. The number of carbonyl (C=O) groups excluding carboxylic acids is 1. The predicted molar refractivity (Wildman–Crippen MR) is 133 cm³/mol. The molecule has 4 rings (SSSR count). The molecule has 1 aliphatic carbocycles. The summed E-state index contributed by atoms with van der Waals surface area (Å²) in [7, 11) is 1.40. The molecule has 5 heteroatoms. The zero-order valence-corrected chi connectivity index (χ0v) is 20.1. The maximum atomic E-state index is 11.8. The van der Waals surface area contributed by atoms with Crippen molar-refractivity contribution in [1.82, 2.24) is 15.3 Å². The standard InChI is InChI=1S/C28H35N3O2/c1-18(2)24-13-22(19(3)12-23(24)17-29-16-20-8-6-5-7-9-20)15-27-30-25-11-10-21(28(32)33-4)14-26(25)31-27/h5-12,14,18,22-24,29H,13,15-17H2,1-4H3,(H,30,31). The average Bonchev–Trinajstić information content (AvgIpc) is 3.22. The molecule has 0 spiro atoms. The molecular formula is C28H35N3O2. The molecule has 2 N–H and O–H groups in total. The quantitative estimate of drug-likeness (QED) is 0.353. The Morgan fingerprint density at radius 2 is 2.00 bits per heavy atom. The van der Waals surface area contributed by atoms with Crippen LogP contribution in [0.3, 0.4) is 0 Å². The number of esters is 1. The molecule has 3 aromatic rings. The Bertz CT molecular complexity index is 1120. The van der Waals surface area contributed by atoms with E-state index in [2.05, 4.69) is 67.5 Å². The zero-order valence-electron chi connectivity index (χ0n) is 20.1. The topological polar surface area (TPSA) is 67.0 Å². The monoisotopic (exact) mass is 445 g/mol. The van der Waals surface area contributed by atoms with Gasteiger partial charge in [0.1, 0.15) is 5.82 Å². The summed E-state index contributed by atoms with van der Waals surface area (Å²) in [5.41, 5.74) is 5.09. The van der Waals surface area contributed by atoms with Crippen LogP contribution in [0.4, 0.5) is 0 Å². The number of nitrogens with one attached hydrogen (secondary N) is 2. The molecular weight excluding hydrogens is 410 g/mol. The van der Waals surface area contributed by atoms with Crippen molar-refractivity contribution in [3.8, 4) is 0 Å². The van der Waals surface area contributed by atoms with Gasteiger partial charge in [0.2, 0.25) is 0 Å². The van der Waals surface area contributed by atoms with E-state index in [0.717, 1.165) is 36.4 Å². The fourth-order valence-corrected chi connectivity index (χ4v) is 5.12. The second-order valence-corrected chi connectivity index (χ2v) is 9.64. The van der Waals surface area contributed by atoms with Gasteiger partial charge in [-0.2, -0.15) is 0 Å². The molecule has 0 saturated carbocycles. The van der Waals surface area contributed by atoms with Crippen molar-refractivity contribution in [3.05, 3.63) is 77.1 Å². The highest BCUT2D eigenvalue weighted by Crippen LogP contribution is 2.38. The normalized spacial score (nSPS) is 20.8. The van der Waals surface area contributed by atoms with E-state index in [-0.39, 0.29) is 5.97 Å². The number of hydrogen-bond donors (Lipinski definition) is 2. The lowest BCUT2D eigenvalue weighted by Gasteiger charge is -2.37. The Labute approximate surface area is 196 Å². The Kier molecular flexibility index (Phi) is 7.29. The van der Waals surface area contributed by atoms with E-state index >= 15 is 0 Å². The summed E-state index contributed by atoms with van der Waals surface area (Å²) in [5.74, 6) is 2.93. The Morgan fingerprint density at radius 1 is 1.21 bits per heavy atom. The molecule has 0 fully saturated rings. The van der Waals surface area contributed by atoms with Crippen molar-refractivity contribution >= 4 is 17.0 Å². The predicted octanol–water partition coefficient (Wildman–Crippen LogP) is 5.54. The van der Waals surface area contributed by atoms with Gasteiger partial charge in [0.15, 0.2) is 0 Å². The Balaban J connectivity index is 1.45. The fraction of sp³-hybridized carbons (Fsp3) is 0.429. The van der Waals surface area contributed by atoms with Gasteiger partial charge < -0.3 is 15.0 Å². The molecule has 5 nitrogen and oxygen atoms in total. The number of fused-ring (bicyclic) bond motifs is 1. The van der Waals surface area contributed by atoms with Gasteiger partial charge >= 0.3 is 5.97 Å². The van der Waals surface area contributed by atoms with Gasteiger partial charge in [0.05, 0.1) is 23.7 Å². The number of carbonyl (C=O) groups is 1. The van der Waals surface area contributed by atoms with Crippen LogP contribution in [-0.2, 0) is 17.7 Å². The van der Waals surface area contributed by atoms with Gasteiger partial charge in [-0.25, -0.2) is 9.78 Å². The minimum atomic E-state index is -0.328. The van der Waals surface area contributed by atoms with E-state index in [1.165, 1.54) is 24.7 Å². The molecule has 0 aliphatic heterocycles. The number of H-pyrrole nitrogens is 1. The summed E-state index contributed by atoms with van der Waals surface area (Å²) in [6, 6.07) is 16.1. The van der Waals surface area contributed by atoms with Crippen molar-refractivity contribution in [1.29, 1.82) is 0 Å². The number of allylic oxidation sites excluding steroid dienone is 1. The number of ether oxygens (including phenoxy) is 1. The number of methoxy groups -OCH3 is 1. The number of aromatic nitrogens is 2. The summed E-state index contributed by atoms with van der Waals surface area (Å²) in [5, 5.41) is 3.68. The number of benzene rings is 2. The lowest BCUT2D eigenvalue weighted by Crippen LogP contribution is -2.34. The zero-order chi connectivity index (χ0) is 23.4. The van der Waals surface area contributed by atoms with E-state index in [1.54, 1.807) is 6.07 Å². The lowest BCUT2D eigenvalue weighted by atomic mass is 9.70. The number of nitrogens with zero attached hydrogens (tertiary/aromatic N) is 1. The molecule has 0 radical (unpaired) electrons. The van der Waals surface area contributed by atoms with Gasteiger partial charge in [-0.05, 0) is 60.8 Å². The van der Waals surface area contributed by atoms with E-state index in [1.807, 2.05) is 12.1 Å². The van der Waals surface area contributed by atoms with Crippen molar-refractivity contribution in [2.24, 2.45) is 23.7 Å². The van der Waals surface area contributed by atoms with Crippen molar-refractivity contribution < 1.29 is 9.53 Å². The second-order valence-electron chi connectivity index (χ2n) is 9.64. The highest BCUT2D eigenvalue weighted by atomic mass is 16.5. The summed E-state index contributed by atoms with van der Waals surface area (Å²) in [6.07, 6.45) is 4.55. The summed E-state index contributed by atoms with van der Waals surface area (Å²) in [4.78, 5) is 20.1. The summed E-state index contributed by atoms with van der Waals surface area (Å²) >= 11 is 0. The van der Waals surface area contributed by atoms with Crippen LogP contribution in [0.5, 0.6) is 0 Å². The molecule has 3 atom stereocenters. The van der Waals surface area contributed by atoms with E-state index in [9.17, 15) is 4.79 Å². The Hall–Kier alpha value is -2.92. The van der Waals surface area contributed by atoms with Crippen LogP contribution in [0.2, 0.25) is 0 Å². The van der Waals surface area contributed by atoms with E-state index in [4.69, 9.17) is 9.72 Å². The van der Waals surface area contributed by atoms with Crippen LogP contribution >= 0.6 is 0 Å². The van der Waals surface area contributed by atoms with Gasteiger partial charge in [0, 0.05) is 19.5 Å². The first-order chi connectivity index (χ1) is 15.9. The third-order valence-corrected chi connectivity index (χ3v) is 7.03. The first-order valence-corrected chi connectivity index (χ1v) is 11.9. The van der Waals surface area contributed by atoms with Crippen molar-refractivity contribution in [2.45, 2.75) is 40.2 Å². The molecule has 1 aromatic heterocycles. The van der Waals surface area contributed by atoms with Gasteiger partial charge in [-0.1, -0.05) is 55.8 Å². The molecule has 3 unspecified atom stereocenters. The largest absolute Gasteiger partial charge is 0.465 e. The molecule has 0 saturated heterocycles. The van der Waals surface area contributed by atoms with Crippen molar-refractivity contribution in [2.75, 3.05) is 13.7 Å². The summed E-state index contributed by atoms with van der Waals surface area (Å²) in [6.45, 7) is 8.86. The summed E-state index contributed by atoms with van der Waals surface area (Å²) < 4.78 is 4.84. The molecule has 2 aromatic carbocycles. The van der Waals surface area contributed by atoms with Gasteiger partial charge in [0.25, 0.3) is 0 Å². The van der Waals surface area contributed by atoms with E-state index in [0.29, 0.717) is 29.2 Å². The smallest absolute Gasteiger partial charge is 0.337 e. The SMILES string of the molecule is COC(=O)c1ccc2nc(CC3CC(C(C)C)C(CNCc4ccccc4)C=C3C)[nH]c2c1. The highest BCUT2D eigenvalue weighted by Gasteiger charge is 2.31. The van der Waals surface area contributed by atoms with Crippen LogP contribution in [0.15, 0.2) is 60.2 Å². The van der Waals surface area contributed by atoms with Crippen molar-refractivity contribution in [3.63, 3.8) is 0 Å². The number of aromatic amines is 1. The minimum absolute atomic E-state index is 0.328. The molecule has 174 valence electrons. The van der Waals surface area contributed by atoms with Crippen LogP contribution in [0.1, 0.15) is 48.9 Å². The lowest BCUT2D eigenvalue weighted by molar-refractivity contribution is 0.0601. The first kappa shape index (κ1) is 23.2. The highest BCUT2D eigenvalue weighted by molar-refractivity contribution is 5.93. The number of rotatable bonds is 8. The minimum Gasteiger partial charge on any atom is -0.465 e. The van der Waals surface area contributed by atoms with Crippen LogP contribution in [0.25, 0.3) is 11.0 Å². The van der Waals surface area contributed by atoms with Crippen LogP contribution in [-0.4, -0.2) is 29.6 Å². The first-order valence-electron chi connectivity index (χ1n) is 11.9. The number of hydrogen-bond acceptors (Lipinski definition) is 4. The third kappa shape index (κ3) is 5.53. The van der Waals surface area contributed by atoms with Gasteiger partial charge in [-0.15, -0.1) is 0 Å². The third-order valence-electron chi connectivity index (χ3n) is 7.03. The fourth-order valence-electron chi connectivity index (χ4n) is 5.12. The Morgan fingerprint density at radius 3 is 2.73 bits per heavy atom. The number of imidazole rings is 1.